The number of hydrogen-bond acceptors (Lipinski definition) is 11. The Morgan fingerprint density at radius 2 is 1.44 bits per heavy atom. The summed E-state index contributed by atoms with van der Waals surface area (Å²) in [5, 5.41) is 41.0. The van der Waals surface area contributed by atoms with Crippen LogP contribution in [-0.4, -0.2) is 118 Å². The Hall–Kier alpha value is -6.95. The van der Waals surface area contributed by atoms with Crippen LogP contribution >= 0.6 is 0 Å². The van der Waals surface area contributed by atoms with Gasteiger partial charge in [0.15, 0.2) is 5.78 Å². The van der Waals surface area contributed by atoms with E-state index in [-0.39, 0.29) is 36.5 Å². The highest BCUT2D eigenvalue weighted by molar-refractivity contribution is 6.00. The van der Waals surface area contributed by atoms with Gasteiger partial charge in [0.2, 0.25) is 23.6 Å². The molecule has 18 heteroatoms. The first kappa shape index (κ1) is 59.4. The van der Waals surface area contributed by atoms with Crippen molar-refractivity contribution in [3.05, 3.63) is 102 Å². The predicted octanol–water partition coefficient (Wildman–Crippen LogP) is 4.69. The summed E-state index contributed by atoms with van der Waals surface area (Å²) in [7, 11) is 2.85. The summed E-state index contributed by atoms with van der Waals surface area (Å²) < 4.78 is 5.83. The number of benzene rings is 2. The number of phenols is 1. The number of rotatable bonds is 13. The van der Waals surface area contributed by atoms with Gasteiger partial charge in [0, 0.05) is 51.2 Å². The largest absolute Gasteiger partial charge is 0.508 e. The monoisotopic (exact) mass is 1000 g/mol. The van der Waals surface area contributed by atoms with E-state index in [1.807, 2.05) is 50.3 Å². The number of ketones is 2. The summed E-state index contributed by atoms with van der Waals surface area (Å²) in [6.07, 6.45) is 3.56. The lowest BCUT2D eigenvalue weighted by Crippen LogP contribution is -2.52. The van der Waals surface area contributed by atoms with E-state index in [4.69, 9.17) is 4.74 Å². The SMILES string of the molecule is C=C1C(=O)N[C@H](C)C(=O)N[C@@H](CC(C)C)C(=O)C[C@@H](C(=O)O)[C@H](C)C(=O)C[C@@H](Cc2ccc(O)cc2)C(=O)N[C@@H](/C=C/C(C)=C/[C@H](C)[C@H](Cc2ccccc2)OC)[C@H](C)C(=O)N[C@@H](C(=O)O)CCC(=O)N1C. The van der Waals surface area contributed by atoms with Crippen molar-refractivity contribution in [1.82, 2.24) is 26.2 Å². The van der Waals surface area contributed by atoms with Crippen LogP contribution in [0.3, 0.4) is 0 Å². The number of carbonyl (C=O) groups is 9. The average Bonchev–Trinajstić information content (AvgIpc) is 3.33. The highest BCUT2D eigenvalue weighted by Crippen LogP contribution is 2.26. The fourth-order valence-electron chi connectivity index (χ4n) is 8.30. The lowest BCUT2D eigenvalue weighted by Gasteiger charge is -2.27. The molecule has 1 heterocycles. The molecule has 2 aromatic carbocycles. The van der Waals surface area contributed by atoms with E-state index in [0.29, 0.717) is 12.0 Å². The number of amides is 5. The molecule has 0 saturated carbocycles. The van der Waals surface area contributed by atoms with Crippen LogP contribution in [0.15, 0.2) is 90.7 Å². The quantitative estimate of drug-likeness (QED) is 0.106. The van der Waals surface area contributed by atoms with E-state index in [9.17, 15) is 58.5 Å². The highest BCUT2D eigenvalue weighted by atomic mass is 16.5. The van der Waals surface area contributed by atoms with Crippen molar-refractivity contribution in [1.29, 1.82) is 0 Å². The molecule has 392 valence electrons. The van der Waals surface area contributed by atoms with Gasteiger partial charge in [-0.2, -0.15) is 0 Å². The van der Waals surface area contributed by atoms with Crippen LogP contribution < -0.4 is 21.3 Å². The summed E-state index contributed by atoms with van der Waals surface area (Å²) in [4.78, 5) is 123. The predicted molar refractivity (Wildman–Crippen MR) is 269 cm³/mol. The van der Waals surface area contributed by atoms with E-state index in [2.05, 4.69) is 27.8 Å². The maximum Gasteiger partial charge on any atom is 0.326 e. The molecule has 1 aliphatic heterocycles. The minimum absolute atomic E-state index is 0.0570. The molecule has 1 saturated heterocycles. The molecular formula is C54H73N5O13. The molecule has 18 nitrogen and oxygen atoms in total. The van der Waals surface area contributed by atoms with Crippen LogP contribution in [0.1, 0.15) is 91.7 Å². The molecule has 72 heavy (non-hydrogen) atoms. The summed E-state index contributed by atoms with van der Waals surface area (Å²) in [6.45, 7) is 15.2. The van der Waals surface area contributed by atoms with Crippen LogP contribution in [0.25, 0.3) is 0 Å². The van der Waals surface area contributed by atoms with Gasteiger partial charge in [0.1, 0.15) is 29.3 Å². The number of allylic oxidation sites excluding steroid dienone is 2. The van der Waals surface area contributed by atoms with E-state index < -0.39 is 132 Å². The lowest BCUT2D eigenvalue weighted by atomic mass is 9.80. The number of phenolic OH excluding ortho intramolecular Hbond substituents is 1. The van der Waals surface area contributed by atoms with Crippen LogP contribution in [-0.2, 0) is 60.7 Å². The number of carboxylic acids is 2. The number of carbonyl (C=O) groups excluding carboxylic acids is 7. The van der Waals surface area contributed by atoms with Crippen molar-refractivity contribution >= 4 is 53.0 Å². The summed E-state index contributed by atoms with van der Waals surface area (Å²) >= 11 is 0. The lowest BCUT2D eigenvalue weighted by molar-refractivity contribution is -0.149. The number of carboxylic acid groups (broad SMARTS) is 2. The second-order valence-corrected chi connectivity index (χ2v) is 19.3. The van der Waals surface area contributed by atoms with E-state index in [1.54, 1.807) is 45.2 Å². The minimum Gasteiger partial charge on any atom is -0.508 e. The molecule has 0 spiro atoms. The van der Waals surface area contributed by atoms with Crippen LogP contribution in [0.2, 0.25) is 0 Å². The number of nitrogens with zero attached hydrogens (tertiary/aromatic N) is 1. The number of nitrogens with one attached hydrogen (secondary N) is 4. The standard InChI is InChI=1S/C54H73N5O13/c1-30(2)24-44-46(62)29-41(53(68)69)33(5)45(61)28-39(26-38-17-19-40(60)20-18-38)52(67)56-42(21-16-31(3)25-32(4)47(72-10)27-37-14-12-11-13-15-37)34(6)49(64)57-43(54(70)71)22-23-48(63)59(9)36(8)51(66)55-35(7)50(65)58-44/h11-21,25,30,32-35,39,41-44,47,60H,8,22-24,26-29H2,1-7,9-10H3,(H,55,66)(H,56,67)(H,57,64)(H,58,65)(H,68,69)(H,70,71)/b21-16+,31-25+/t32-,33-,34-,35+,39+,41+,42-,43+,44-,47-/m0/s1. The molecular weight excluding hydrogens is 927 g/mol. The summed E-state index contributed by atoms with van der Waals surface area (Å²) in [5.41, 5.74) is 1.94. The third kappa shape index (κ3) is 18.3. The van der Waals surface area contributed by atoms with Crippen LogP contribution in [0.5, 0.6) is 5.75 Å². The first-order chi connectivity index (χ1) is 33.8. The topological polar surface area (TPSA) is 275 Å². The molecule has 0 aliphatic carbocycles. The number of likely N-dealkylation sites (N-methyl/N-ethyl adjacent to an activating group) is 1. The van der Waals surface area contributed by atoms with Gasteiger partial charge in [-0.3, -0.25) is 38.4 Å². The van der Waals surface area contributed by atoms with Crippen molar-refractivity contribution in [2.45, 2.75) is 124 Å². The molecule has 0 bridgehead atoms. The molecule has 1 aliphatic rings. The van der Waals surface area contributed by atoms with E-state index in [1.165, 1.54) is 40.0 Å². The first-order valence-electron chi connectivity index (χ1n) is 24.2. The molecule has 3 rings (SSSR count). The number of methoxy groups -OCH3 is 1. The fourth-order valence-corrected chi connectivity index (χ4v) is 8.30. The van der Waals surface area contributed by atoms with Gasteiger partial charge >= 0.3 is 11.9 Å². The van der Waals surface area contributed by atoms with Crippen LogP contribution in [0, 0.1) is 35.5 Å². The molecule has 7 N–H and O–H groups in total. The Kier molecular flexibility index (Phi) is 23.2. The smallest absolute Gasteiger partial charge is 0.326 e. The van der Waals surface area contributed by atoms with Crippen molar-refractivity contribution in [2.24, 2.45) is 35.5 Å². The highest BCUT2D eigenvalue weighted by Gasteiger charge is 2.38. The van der Waals surface area contributed by atoms with Crippen LogP contribution in [0.4, 0.5) is 0 Å². The Balaban J connectivity index is 2.15. The van der Waals surface area contributed by atoms with Gasteiger partial charge in [0.25, 0.3) is 5.91 Å². The zero-order valence-corrected chi connectivity index (χ0v) is 42.8. The molecule has 10 atom stereocenters. The van der Waals surface area contributed by atoms with E-state index >= 15 is 0 Å². The van der Waals surface area contributed by atoms with Gasteiger partial charge in [-0.25, -0.2) is 4.79 Å². The van der Waals surface area contributed by atoms with Gasteiger partial charge < -0.3 is 46.2 Å². The summed E-state index contributed by atoms with van der Waals surface area (Å²) in [5.74, 6) is -13.9. The number of Topliss-reactive ketones (excluding diaryl/α,β-unsaturated/α-hetero) is 2. The van der Waals surface area contributed by atoms with E-state index in [0.717, 1.165) is 16.0 Å². The number of hydrogen-bond donors (Lipinski definition) is 7. The Labute approximate surface area is 422 Å². The van der Waals surface area contributed by atoms with Crippen molar-refractivity contribution in [2.75, 3.05) is 14.2 Å². The van der Waals surface area contributed by atoms with Gasteiger partial charge in [-0.1, -0.05) is 107 Å². The fraction of sp³-hybridized carbons (Fsp3) is 0.500. The maximum atomic E-state index is 14.6. The maximum absolute atomic E-state index is 14.6. The molecule has 0 radical (unpaired) electrons. The number of aromatic hydroxyl groups is 1. The van der Waals surface area contributed by atoms with Crippen molar-refractivity contribution < 1.29 is 63.2 Å². The van der Waals surface area contributed by atoms with Gasteiger partial charge in [0.05, 0.1) is 30.0 Å². The molecule has 2 aromatic rings. The number of aliphatic carboxylic acids is 2. The summed E-state index contributed by atoms with van der Waals surface area (Å²) in [6, 6.07) is 10.4. The molecule has 1 fully saturated rings. The second kappa shape index (κ2) is 28.2. The average molecular weight is 1000 g/mol. The molecule has 0 aromatic heterocycles. The Morgan fingerprint density at radius 1 is 0.806 bits per heavy atom. The normalized spacial score (nSPS) is 25.4. The molecule has 0 unspecified atom stereocenters. The molecule has 5 amide bonds. The number of ether oxygens (including phenoxy) is 1. The van der Waals surface area contributed by atoms with Gasteiger partial charge in [-0.05, 0) is 68.7 Å². The van der Waals surface area contributed by atoms with Crippen molar-refractivity contribution in [3.8, 4) is 5.75 Å². The zero-order valence-electron chi connectivity index (χ0n) is 42.8. The first-order valence-corrected chi connectivity index (χ1v) is 24.2. The van der Waals surface area contributed by atoms with Crippen molar-refractivity contribution in [3.63, 3.8) is 0 Å². The Morgan fingerprint density at radius 3 is 2.03 bits per heavy atom. The third-order valence-corrected chi connectivity index (χ3v) is 13.1. The zero-order chi connectivity index (χ0) is 54.0. The third-order valence-electron chi connectivity index (χ3n) is 13.1. The Bertz CT molecular complexity index is 2330. The van der Waals surface area contributed by atoms with Gasteiger partial charge in [-0.15, -0.1) is 0 Å². The second-order valence-electron chi connectivity index (χ2n) is 19.3. The minimum atomic E-state index is -1.61.